The second-order valence-electron chi connectivity index (χ2n) is 13.0. The molecular weight excluding hydrogens is 472 g/mol. The zero-order chi connectivity index (χ0) is 26.5. The van der Waals surface area contributed by atoms with Crippen molar-refractivity contribution in [1.82, 2.24) is 10.6 Å². The summed E-state index contributed by atoms with van der Waals surface area (Å²) in [6.45, 7) is 4.79. The number of carbonyl (C=O) groups excluding carboxylic acids is 2. The van der Waals surface area contributed by atoms with Gasteiger partial charge in [0.1, 0.15) is 6.10 Å². The van der Waals surface area contributed by atoms with Crippen molar-refractivity contribution in [1.29, 1.82) is 0 Å². The van der Waals surface area contributed by atoms with E-state index in [0.29, 0.717) is 30.2 Å². The third-order valence-electron chi connectivity index (χ3n) is 11.3. The highest BCUT2D eigenvalue weighted by molar-refractivity contribution is 5.80. The monoisotopic (exact) mass is 514 g/mol. The molecule has 4 aliphatic rings. The maximum atomic E-state index is 14.0. The Hall–Kier alpha value is -2.66. The summed E-state index contributed by atoms with van der Waals surface area (Å²) in [6, 6.07) is 19.3. The first kappa shape index (κ1) is 25.6. The van der Waals surface area contributed by atoms with Crippen LogP contribution in [0.2, 0.25) is 0 Å². The molecular formula is C33H42N2O3. The van der Waals surface area contributed by atoms with Crippen molar-refractivity contribution >= 4 is 11.8 Å². The fraction of sp³-hybridized carbons (Fsp3) is 0.576. The molecule has 0 bridgehead atoms. The van der Waals surface area contributed by atoms with Crippen molar-refractivity contribution in [2.45, 2.75) is 83.4 Å². The van der Waals surface area contributed by atoms with Crippen LogP contribution in [0, 0.1) is 34.5 Å². The largest absolute Gasteiger partial charge is 0.386 e. The van der Waals surface area contributed by atoms with Gasteiger partial charge in [0.05, 0.1) is 6.04 Å². The standard InChI is InChI=1S/C33H42N2O3/c1-32-19-17-25-23(13-16-27-33(25,2)20-18-28(36)34-27)24(32)14-15-26(32)31(38)35-29(21-9-5-3-6-10-21)30(37)22-11-7-4-8-12-22/h3-12,23-27,29-30,37H,13-20H2,1-2H3,(H,34,36)(H,35,38)/t23-,24-,25-,26+,27+,29-,30+,32-,33+/m0/s1. The number of fused-ring (bicyclic) bond motifs is 5. The Morgan fingerprint density at radius 1 is 0.868 bits per heavy atom. The minimum atomic E-state index is -0.819. The molecule has 5 nitrogen and oxygen atoms in total. The predicted molar refractivity (Wildman–Crippen MR) is 148 cm³/mol. The van der Waals surface area contributed by atoms with E-state index in [1.54, 1.807) is 0 Å². The summed E-state index contributed by atoms with van der Waals surface area (Å²) in [5, 5.41) is 18.0. The number of hydrogen-bond acceptors (Lipinski definition) is 3. The SMILES string of the molecule is C[C@]12CCC(=O)N[C@@H]1CC[C@@H]1[C@@H]2CC[C@]2(C)[C@@H](C(=O)N[C@@H](c3ccccc3)[C@H](O)c3ccccc3)CC[C@@H]12. The van der Waals surface area contributed by atoms with Crippen LogP contribution in [0.1, 0.15) is 88.5 Å². The van der Waals surface area contributed by atoms with Gasteiger partial charge in [0, 0.05) is 18.4 Å². The van der Waals surface area contributed by atoms with Crippen LogP contribution in [0.25, 0.3) is 0 Å². The van der Waals surface area contributed by atoms with Crippen molar-refractivity contribution in [3.63, 3.8) is 0 Å². The van der Waals surface area contributed by atoms with Gasteiger partial charge in [0.25, 0.3) is 0 Å². The minimum Gasteiger partial charge on any atom is -0.386 e. The first-order valence-electron chi connectivity index (χ1n) is 14.7. The van der Waals surface area contributed by atoms with Crippen LogP contribution in [-0.2, 0) is 9.59 Å². The van der Waals surface area contributed by atoms with Crippen LogP contribution in [0.15, 0.2) is 60.7 Å². The molecule has 0 radical (unpaired) electrons. The van der Waals surface area contributed by atoms with E-state index in [1.165, 1.54) is 0 Å². The molecule has 1 heterocycles. The van der Waals surface area contributed by atoms with E-state index >= 15 is 0 Å². The lowest BCUT2D eigenvalue weighted by Crippen LogP contribution is -2.61. The Bertz CT molecular complexity index is 1170. The molecule has 4 fully saturated rings. The molecule has 1 aliphatic heterocycles. The van der Waals surface area contributed by atoms with Crippen LogP contribution in [0.3, 0.4) is 0 Å². The number of piperidine rings is 1. The second-order valence-corrected chi connectivity index (χ2v) is 13.0. The van der Waals surface area contributed by atoms with Gasteiger partial charge in [-0.05, 0) is 84.7 Å². The lowest BCUT2D eigenvalue weighted by atomic mass is 9.47. The molecule has 2 aromatic rings. The van der Waals surface area contributed by atoms with Crippen molar-refractivity contribution in [2.75, 3.05) is 0 Å². The molecule has 3 N–H and O–H groups in total. The Labute approximate surface area is 226 Å². The van der Waals surface area contributed by atoms with E-state index < -0.39 is 12.1 Å². The van der Waals surface area contributed by atoms with Crippen molar-refractivity contribution in [2.24, 2.45) is 34.5 Å². The van der Waals surface area contributed by atoms with E-state index in [9.17, 15) is 14.7 Å². The average Bonchev–Trinajstić information content (AvgIpc) is 3.30. The highest BCUT2D eigenvalue weighted by Crippen LogP contribution is 2.65. The Morgan fingerprint density at radius 3 is 2.24 bits per heavy atom. The quantitative estimate of drug-likeness (QED) is 0.478. The number of nitrogens with one attached hydrogen (secondary N) is 2. The van der Waals surface area contributed by atoms with Gasteiger partial charge >= 0.3 is 0 Å². The maximum Gasteiger partial charge on any atom is 0.224 e. The number of amides is 2. The average molecular weight is 515 g/mol. The number of hydrogen-bond donors (Lipinski definition) is 3. The van der Waals surface area contributed by atoms with Crippen LogP contribution >= 0.6 is 0 Å². The first-order chi connectivity index (χ1) is 18.3. The van der Waals surface area contributed by atoms with Crippen LogP contribution in [0.5, 0.6) is 0 Å². The smallest absolute Gasteiger partial charge is 0.224 e. The van der Waals surface area contributed by atoms with Gasteiger partial charge in [-0.3, -0.25) is 9.59 Å². The zero-order valence-electron chi connectivity index (χ0n) is 22.7. The summed E-state index contributed by atoms with van der Waals surface area (Å²) in [5.41, 5.74) is 1.88. The van der Waals surface area contributed by atoms with E-state index in [4.69, 9.17) is 0 Å². The highest BCUT2D eigenvalue weighted by atomic mass is 16.3. The molecule has 38 heavy (non-hydrogen) atoms. The van der Waals surface area contributed by atoms with Crippen molar-refractivity contribution in [3.05, 3.63) is 71.8 Å². The number of benzene rings is 2. The molecule has 5 heteroatoms. The van der Waals surface area contributed by atoms with Gasteiger partial charge in [-0.25, -0.2) is 0 Å². The van der Waals surface area contributed by atoms with Crippen LogP contribution in [0.4, 0.5) is 0 Å². The minimum absolute atomic E-state index is 0.0225. The fourth-order valence-electron chi connectivity index (χ4n) is 9.23. The van der Waals surface area contributed by atoms with Gasteiger partial charge < -0.3 is 15.7 Å². The van der Waals surface area contributed by atoms with E-state index in [0.717, 1.165) is 56.1 Å². The number of carbonyl (C=O) groups is 2. The third kappa shape index (κ3) is 4.18. The second kappa shape index (κ2) is 9.82. The fourth-order valence-corrected chi connectivity index (χ4v) is 9.23. The van der Waals surface area contributed by atoms with Crippen LogP contribution < -0.4 is 10.6 Å². The molecule has 1 saturated heterocycles. The third-order valence-corrected chi connectivity index (χ3v) is 11.3. The summed E-state index contributed by atoms with van der Waals surface area (Å²) in [6.07, 6.45) is 7.24. The van der Waals surface area contributed by atoms with Gasteiger partial charge in [-0.15, -0.1) is 0 Å². The summed E-state index contributed by atoms with van der Waals surface area (Å²) in [5.74, 6) is 2.05. The van der Waals surface area contributed by atoms with Gasteiger partial charge in [-0.1, -0.05) is 74.5 Å². The molecule has 3 saturated carbocycles. The molecule has 6 rings (SSSR count). The first-order valence-corrected chi connectivity index (χ1v) is 14.7. The number of aliphatic hydroxyl groups is 1. The molecule has 9 atom stereocenters. The van der Waals surface area contributed by atoms with E-state index in [1.807, 2.05) is 60.7 Å². The van der Waals surface area contributed by atoms with Gasteiger partial charge in [0.2, 0.25) is 11.8 Å². The summed E-state index contributed by atoms with van der Waals surface area (Å²) in [7, 11) is 0. The predicted octanol–water partition coefficient (Wildman–Crippen LogP) is 5.71. The molecule has 0 unspecified atom stereocenters. The van der Waals surface area contributed by atoms with E-state index in [-0.39, 0.29) is 28.6 Å². The molecule has 202 valence electrons. The number of aliphatic hydroxyl groups excluding tert-OH is 1. The van der Waals surface area contributed by atoms with Crippen molar-refractivity contribution < 1.29 is 14.7 Å². The molecule has 0 aromatic heterocycles. The maximum absolute atomic E-state index is 14.0. The summed E-state index contributed by atoms with van der Waals surface area (Å²) in [4.78, 5) is 26.2. The normalized spacial score (nSPS) is 37.7. The summed E-state index contributed by atoms with van der Waals surface area (Å²) >= 11 is 0. The number of rotatable bonds is 5. The van der Waals surface area contributed by atoms with Crippen LogP contribution in [-0.4, -0.2) is 23.0 Å². The highest BCUT2D eigenvalue weighted by Gasteiger charge is 2.61. The van der Waals surface area contributed by atoms with Crippen molar-refractivity contribution in [3.8, 4) is 0 Å². The molecule has 3 aliphatic carbocycles. The molecule has 2 aromatic carbocycles. The molecule has 0 spiro atoms. The Balaban J connectivity index is 1.22. The van der Waals surface area contributed by atoms with Gasteiger partial charge in [-0.2, -0.15) is 0 Å². The lowest BCUT2D eigenvalue weighted by molar-refractivity contribution is -0.142. The molecule has 2 amide bonds. The lowest BCUT2D eigenvalue weighted by Gasteiger charge is -2.60. The Morgan fingerprint density at radius 2 is 1.53 bits per heavy atom. The zero-order valence-corrected chi connectivity index (χ0v) is 22.7. The summed E-state index contributed by atoms with van der Waals surface area (Å²) < 4.78 is 0. The van der Waals surface area contributed by atoms with Gasteiger partial charge in [0.15, 0.2) is 0 Å². The Kier molecular flexibility index (Phi) is 6.62. The van der Waals surface area contributed by atoms with E-state index in [2.05, 4.69) is 24.5 Å². The topological polar surface area (TPSA) is 78.4 Å².